The molecule has 0 saturated heterocycles. The van der Waals surface area contributed by atoms with E-state index in [1.807, 2.05) is 0 Å². The van der Waals surface area contributed by atoms with Crippen molar-refractivity contribution < 1.29 is 13.9 Å². The molecule has 2 aromatic carbocycles. The number of hydrogen-bond acceptors (Lipinski definition) is 2. The zero-order valence-electron chi connectivity index (χ0n) is 10.4. The molecule has 2 aromatic rings. The first-order valence-electron chi connectivity index (χ1n) is 6.13. The van der Waals surface area contributed by atoms with Gasteiger partial charge in [0, 0.05) is 5.02 Å². The van der Waals surface area contributed by atoms with Crippen LogP contribution in [0.4, 0.5) is 4.39 Å². The van der Waals surface area contributed by atoms with Gasteiger partial charge in [0.2, 0.25) is 0 Å². The fraction of sp³-hybridized carbons (Fsp3) is 0.133. The van der Waals surface area contributed by atoms with Gasteiger partial charge < -0.3 is 10.1 Å². The van der Waals surface area contributed by atoms with Gasteiger partial charge in [0.25, 0.3) is 5.91 Å². The molecule has 102 valence electrons. The molecule has 1 atom stereocenters. The van der Waals surface area contributed by atoms with Crippen LogP contribution in [-0.4, -0.2) is 12.5 Å². The molecule has 0 spiro atoms. The summed E-state index contributed by atoms with van der Waals surface area (Å²) in [5.74, 6) is -0.0653. The molecule has 3 nitrogen and oxygen atoms in total. The second kappa shape index (κ2) is 5.13. The molecule has 1 unspecified atom stereocenters. The Hall–Kier alpha value is -2.07. The first-order chi connectivity index (χ1) is 9.63. The van der Waals surface area contributed by atoms with Gasteiger partial charge >= 0.3 is 0 Å². The van der Waals surface area contributed by atoms with E-state index in [1.54, 1.807) is 30.3 Å². The normalized spacial score (nSPS) is 17.7. The van der Waals surface area contributed by atoms with Gasteiger partial charge in [0.1, 0.15) is 17.7 Å². The monoisotopic (exact) mass is 291 g/mol. The summed E-state index contributed by atoms with van der Waals surface area (Å²) in [6.45, 7) is 0.316. The first kappa shape index (κ1) is 12.9. The Bertz CT molecular complexity index is 657. The maximum absolute atomic E-state index is 13.0. The number of hydrogen-bond donors (Lipinski definition) is 1. The molecule has 0 bridgehead atoms. The molecule has 1 amide bonds. The van der Waals surface area contributed by atoms with Gasteiger partial charge in [-0.2, -0.15) is 0 Å². The van der Waals surface area contributed by atoms with Crippen LogP contribution in [0.5, 0.6) is 5.75 Å². The minimum atomic E-state index is -0.359. The van der Waals surface area contributed by atoms with Crippen LogP contribution >= 0.6 is 11.6 Å². The lowest BCUT2D eigenvalue weighted by Crippen LogP contribution is -2.26. The highest BCUT2D eigenvalue weighted by Crippen LogP contribution is 2.30. The summed E-state index contributed by atoms with van der Waals surface area (Å²) >= 11 is 5.89. The molecule has 1 aliphatic heterocycles. The van der Waals surface area contributed by atoms with Gasteiger partial charge in [-0.1, -0.05) is 23.7 Å². The topological polar surface area (TPSA) is 38.3 Å². The van der Waals surface area contributed by atoms with E-state index in [1.165, 1.54) is 12.1 Å². The second-order valence-corrected chi connectivity index (χ2v) is 4.94. The number of halogens is 2. The van der Waals surface area contributed by atoms with Crippen LogP contribution in [0, 0.1) is 5.82 Å². The van der Waals surface area contributed by atoms with Gasteiger partial charge in [-0.15, -0.1) is 0 Å². The van der Waals surface area contributed by atoms with Gasteiger partial charge in [-0.25, -0.2) is 4.39 Å². The number of fused-ring (bicyclic) bond motifs is 1. The highest BCUT2D eigenvalue weighted by molar-refractivity contribution is 6.31. The number of carbonyl (C=O) groups is 1. The molecule has 0 radical (unpaired) electrons. The highest BCUT2D eigenvalue weighted by Gasteiger charge is 2.23. The van der Waals surface area contributed by atoms with E-state index >= 15 is 0 Å². The Morgan fingerprint density at radius 2 is 1.95 bits per heavy atom. The summed E-state index contributed by atoms with van der Waals surface area (Å²) < 4.78 is 18.8. The molecule has 0 saturated carbocycles. The quantitative estimate of drug-likeness (QED) is 0.875. The lowest BCUT2D eigenvalue weighted by atomic mass is 10.1. The summed E-state index contributed by atoms with van der Waals surface area (Å²) in [6.07, 6.45) is -0.359. The molecule has 0 fully saturated rings. The van der Waals surface area contributed by atoms with Crippen molar-refractivity contribution in [2.24, 2.45) is 0 Å². The Balaban J connectivity index is 1.96. The summed E-state index contributed by atoms with van der Waals surface area (Å²) in [4.78, 5) is 12.0. The lowest BCUT2D eigenvalue weighted by Gasteiger charge is -2.17. The van der Waals surface area contributed by atoms with E-state index in [9.17, 15) is 9.18 Å². The Morgan fingerprint density at radius 1 is 1.20 bits per heavy atom. The molecular formula is C15H11ClFNO2. The maximum Gasteiger partial charge on any atom is 0.255 e. The minimum absolute atomic E-state index is 0.230. The van der Waals surface area contributed by atoms with Crippen LogP contribution in [0.1, 0.15) is 22.0 Å². The minimum Gasteiger partial charge on any atom is -0.483 e. The van der Waals surface area contributed by atoms with Crippen LogP contribution in [0.2, 0.25) is 5.02 Å². The van der Waals surface area contributed by atoms with Crippen molar-refractivity contribution in [3.8, 4) is 5.75 Å². The predicted molar refractivity (Wildman–Crippen MR) is 73.6 cm³/mol. The molecular weight excluding hydrogens is 281 g/mol. The van der Waals surface area contributed by atoms with Gasteiger partial charge in [0.05, 0.1) is 12.1 Å². The molecule has 1 aliphatic rings. The zero-order chi connectivity index (χ0) is 14.1. The van der Waals surface area contributed by atoms with Crippen LogP contribution in [0.25, 0.3) is 0 Å². The van der Waals surface area contributed by atoms with Gasteiger partial charge in [0.15, 0.2) is 0 Å². The van der Waals surface area contributed by atoms with Crippen molar-refractivity contribution in [1.82, 2.24) is 5.32 Å². The van der Waals surface area contributed by atoms with E-state index in [0.29, 0.717) is 22.9 Å². The van der Waals surface area contributed by atoms with Crippen molar-refractivity contribution in [1.29, 1.82) is 0 Å². The summed E-state index contributed by atoms with van der Waals surface area (Å²) in [5.41, 5.74) is 1.21. The molecule has 0 aromatic heterocycles. The van der Waals surface area contributed by atoms with Crippen molar-refractivity contribution in [3.05, 3.63) is 64.4 Å². The van der Waals surface area contributed by atoms with Crippen LogP contribution in [-0.2, 0) is 0 Å². The second-order valence-electron chi connectivity index (χ2n) is 4.51. The van der Waals surface area contributed by atoms with Crippen molar-refractivity contribution >= 4 is 17.5 Å². The average molecular weight is 292 g/mol. The third-order valence-corrected chi connectivity index (χ3v) is 3.38. The summed E-state index contributed by atoms with van der Waals surface area (Å²) in [7, 11) is 0. The van der Waals surface area contributed by atoms with E-state index in [0.717, 1.165) is 5.56 Å². The largest absolute Gasteiger partial charge is 0.483 e. The van der Waals surface area contributed by atoms with Crippen molar-refractivity contribution in [3.63, 3.8) is 0 Å². The zero-order valence-corrected chi connectivity index (χ0v) is 11.2. The van der Waals surface area contributed by atoms with Crippen LogP contribution in [0.3, 0.4) is 0 Å². The molecule has 0 aliphatic carbocycles. The smallest absolute Gasteiger partial charge is 0.255 e. The first-order valence-corrected chi connectivity index (χ1v) is 6.51. The number of rotatable bonds is 1. The molecule has 3 rings (SSSR count). The van der Waals surface area contributed by atoms with Crippen LogP contribution in [0.15, 0.2) is 42.5 Å². The molecule has 1 heterocycles. The third-order valence-electron chi connectivity index (χ3n) is 3.15. The average Bonchev–Trinajstić information content (AvgIpc) is 2.60. The fourth-order valence-corrected chi connectivity index (χ4v) is 2.29. The number of carbonyl (C=O) groups excluding carboxylic acids is 1. The van der Waals surface area contributed by atoms with Crippen LogP contribution < -0.4 is 10.1 Å². The predicted octanol–water partition coefficient (Wildman–Crippen LogP) is 3.34. The fourth-order valence-electron chi connectivity index (χ4n) is 2.12. The Morgan fingerprint density at radius 3 is 2.70 bits per heavy atom. The van der Waals surface area contributed by atoms with E-state index < -0.39 is 0 Å². The summed E-state index contributed by atoms with van der Waals surface area (Å²) in [6, 6.07) is 10.9. The Kier molecular flexibility index (Phi) is 3.32. The number of ether oxygens (including phenoxy) is 1. The van der Waals surface area contributed by atoms with Gasteiger partial charge in [-0.05, 0) is 35.9 Å². The molecule has 20 heavy (non-hydrogen) atoms. The maximum atomic E-state index is 13.0. The van der Waals surface area contributed by atoms with Gasteiger partial charge in [-0.3, -0.25) is 4.79 Å². The molecule has 1 N–H and O–H groups in total. The lowest BCUT2D eigenvalue weighted by molar-refractivity contribution is 0.0951. The number of amides is 1. The van der Waals surface area contributed by atoms with E-state index in [-0.39, 0.29) is 17.8 Å². The molecule has 5 heteroatoms. The van der Waals surface area contributed by atoms with Crippen molar-refractivity contribution in [2.45, 2.75) is 6.10 Å². The summed E-state index contributed by atoms with van der Waals surface area (Å²) in [5, 5.41) is 3.25. The SMILES string of the molecule is O=C1NCC(c2ccc(F)cc2)Oc2ccc(Cl)cc21. The Labute approximate surface area is 120 Å². The highest BCUT2D eigenvalue weighted by atomic mass is 35.5. The van der Waals surface area contributed by atoms with E-state index in [2.05, 4.69) is 5.32 Å². The van der Waals surface area contributed by atoms with E-state index in [4.69, 9.17) is 16.3 Å². The number of nitrogens with one attached hydrogen (secondary N) is 1. The van der Waals surface area contributed by atoms with Crippen molar-refractivity contribution in [2.75, 3.05) is 6.54 Å². The number of benzene rings is 2. The third kappa shape index (κ3) is 2.47. The standard InChI is InChI=1S/C15H11ClFNO2/c16-10-3-6-13-12(7-10)15(19)18-8-14(20-13)9-1-4-11(17)5-2-9/h1-7,14H,8H2,(H,18,19).